The van der Waals surface area contributed by atoms with Crippen molar-refractivity contribution in [2.24, 2.45) is 5.73 Å². The average molecular weight is 417 g/mol. The van der Waals surface area contributed by atoms with Gasteiger partial charge in [0.2, 0.25) is 5.91 Å². The molecule has 7 nitrogen and oxygen atoms in total. The van der Waals surface area contributed by atoms with Gasteiger partial charge in [-0.1, -0.05) is 29.5 Å². The molecule has 0 aliphatic carbocycles. The molecule has 0 spiro atoms. The minimum atomic E-state index is -0.409. The molecule has 9 heteroatoms. The maximum absolute atomic E-state index is 12.8. The molecule has 1 aromatic carbocycles. The molecular formula is C19H20N4O3S2. The Balaban J connectivity index is 1.90. The SMILES string of the molecule is Cc1ccc(NC(=O)c2sc3nc(SCCC(N)=O)[nH]c(=O)c3c2C)c(C)c1. The molecule has 4 N–H and O–H groups in total. The third-order valence-electron chi connectivity index (χ3n) is 4.20. The zero-order valence-corrected chi connectivity index (χ0v) is 17.3. The largest absolute Gasteiger partial charge is 0.370 e. The lowest BCUT2D eigenvalue weighted by atomic mass is 10.1. The topological polar surface area (TPSA) is 118 Å². The van der Waals surface area contributed by atoms with Gasteiger partial charge >= 0.3 is 0 Å². The van der Waals surface area contributed by atoms with Gasteiger partial charge in [0, 0.05) is 17.9 Å². The Hall–Kier alpha value is -2.65. The predicted octanol–water partition coefficient (Wildman–Crippen LogP) is 3.13. The molecule has 2 aromatic heterocycles. The molecule has 3 rings (SSSR count). The van der Waals surface area contributed by atoms with Crippen LogP contribution in [0.4, 0.5) is 5.69 Å². The average Bonchev–Trinajstić information content (AvgIpc) is 2.94. The van der Waals surface area contributed by atoms with E-state index in [1.807, 2.05) is 32.0 Å². The Morgan fingerprint density at radius 3 is 2.71 bits per heavy atom. The monoisotopic (exact) mass is 416 g/mol. The van der Waals surface area contributed by atoms with E-state index >= 15 is 0 Å². The number of carbonyl (C=O) groups is 2. The van der Waals surface area contributed by atoms with Crippen molar-refractivity contribution in [2.45, 2.75) is 32.3 Å². The van der Waals surface area contributed by atoms with Gasteiger partial charge < -0.3 is 16.0 Å². The number of primary amides is 1. The minimum absolute atomic E-state index is 0.194. The maximum atomic E-state index is 12.8. The number of anilines is 1. The fourth-order valence-electron chi connectivity index (χ4n) is 2.79. The fourth-order valence-corrected chi connectivity index (χ4v) is 4.74. The second-order valence-electron chi connectivity index (χ2n) is 6.44. The quantitative estimate of drug-likeness (QED) is 0.421. The van der Waals surface area contributed by atoms with Gasteiger partial charge in [-0.15, -0.1) is 11.3 Å². The van der Waals surface area contributed by atoms with Crippen molar-refractivity contribution >= 4 is 50.8 Å². The van der Waals surface area contributed by atoms with Crippen LogP contribution in [-0.2, 0) is 4.79 Å². The highest BCUT2D eigenvalue weighted by atomic mass is 32.2. The van der Waals surface area contributed by atoms with Gasteiger partial charge in [-0.2, -0.15) is 0 Å². The summed E-state index contributed by atoms with van der Waals surface area (Å²) in [6, 6.07) is 5.79. The van der Waals surface area contributed by atoms with E-state index in [1.54, 1.807) is 6.92 Å². The number of hydrogen-bond donors (Lipinski definition) is 3. The lowest BCUT2D eigenvalue weighted by molar-refractivity contribution is -0.117. The number of nitrogens with zero attached hydrogens (tertiary/aromatic N) is 1. The van der Waals surface area contributed by atoms with Crippen molar-refractivity contribution in [1.82, 2.24) is 9.97 Å². The van der Waals surface area contributed by atoms with Crippen LogP contribution in [0.5, 0.6) is 0 Å². The molecule has 0 unspecified atom stereocenters. The van der Waals surface area contributed by atoms with Crippen LogP contribution in [0.2, 0.25) is 0 Å². The van der Waals surface area contributed by atoms with Gasteiger partial charge in [0.05, 0.1) is 10.3 Å². The van der Waals surface area contributed by atoms with Crippen LogP contribution in [-0.4, -0.2) is 27.5 Å². The zero-order chi connectivity index (χ0) is 20.4. The first-order valence-corrected chi connectivity index (χ1v) is 10.4. The third kappa shape index (κ3) is 4.26. The maximum Gasteiger partial charge on any atom is 0.266 e. The first-order chi connectivity index (χ1) is 13.3. The Labute approximate surface area is 169 Å². The van der Waals surface area contributed by atoms with Gasteiger partial charge in [-0.25, -0.2) is 4.98 Å². The van der Waals surface area contributed by atoms with Gasteiger partial charge in [-0.05, 0) is 38.0 Å². The summed E-state index contributed by atoms with van der Waals surface area (Å²) in [4.78, 5) is 44.2. The summed E-state index contributed by atoms with van der Waals surface area (Å²) in [6.45, 7) is 5.67. The van der Waals surface area contributed by atoms with Crippen LogP contribution < -0.4 is 16.6 Å². The summed E-state index contributed by atoms with van der Waals surface area (Å²) in [5, 5.41) is 3.73. The Kier molecular flexibility index (Phi) is 5.85. The second kappa shape index (κ2) is 8.15. The van der Waals surface area contributed by atoms with Crippen LogP contribution >= 0.6 is 23.1 Å². The molecule has 0 aliphatic rings. The second-order valence-corrected chi connectivity index (χ2v) is 8.53. The molecule has 2 heterocycles. The number of benzene rings is 1. The van der Waals surface area contributed by atoms with E-state index in [-0.39, 0.29) is 17.9 Å². The number of aromatic nitrogens is 2. The number of fused-ring (bicyclic) bond motifs is 1. The van der Waals surface area contributed by atoms with Gasteiger partial charge in [0.15, 0.2) is 5.16 Å². The molecule has 0 saturated carbocycles. The van der Waals surface area contributed by atoms with Crippen molar-refractivity contribution in [2.75, 3.05) is 11.1 Å². The number of rotatable bonds is 6. The van der Waals surface area contributed by atoms with Crippen molar-refractivity contribution in [3.05, 3.63) is 50.1 Å². The highest BCUT2D eigenvalue weighted by molar-refractivity contribution is 7.99. The van der Waals surface area contributed by atoms with Crippen LogP contribution in [0.25, 0.3) is 10.2 Å². The number of aromatic amines is 1. The number of aryl methyl sites for hydroxylation is 3. The number of nitrogens with two attached hydrogens (primary N) is 1. The number of thiophene rings is 1. The van der Waals surface area contributed by atoms with Gasteiger partial charge in [-0.3, -0.25) is 14.4 Å². The zero-order valence-electron chi connectivity index (χ0n) is 15.7. The minimum Gasteiger partial charge on any atom is -0.370 e. The van der Waals surface area contributed by atoms with Crippen LogP contribution in [0.3, 0.4) is 0 Å². The van der Waals surface area contributed by atoms with E-state index in [0.717, 1.165) is 16.8 Å². The Bertz CT molecular complexity index is 1130. The first kappa shape index (κ1) is 20.1. The summed E-state index contributed by atoms with van der Waals surface area (Å²) in [7, 11) is 0. The first-order valence-electron chi connectivity index (χ1n) is 8.59. The highest BCUT2D eigenvalue weighted by Gasteiger charge is 2.20. The van der Waals surface area contributed by atoms with Crippen molar-refractivity contribution in [3.8, 4) is 0 Å². The smallest absolute Gasteiger partial charge is 0.266 e. The number of thioether (sulfide) groups is 1. The van der Waals surface area contributed by atoms with E-state index in [9.17, 15) is 14.4 Å². The summed E-state index contributed by atoms with van der Waals surface area (Å²) in [6.07, 6.45) is 0.194. The normalized spacial score (nSPS) is 11.0. The molecule has 2 amide bonds. The van der Waals surface area contributed by atoms with Crippen LogP contribution in [0.15, 0.2) is 28.2 Å². The summed E-state index contributed by atoms with van der Waals surface area (Å²) < 4.78 is 0. The Morgan fingerprint density at radius 1 is 1.29 bits per heavy atom. The standard InChI is InChI=1S/C19H20N4O3S2/c1-9-4-5-12(10(2)8-9)21-17(26)15-11(3)14-16(25)22-19(23-18(14)28-15)27-7-6-13(20)24/h4-5,8H,6-7H2,1-3H3,(H2,20,24)(H,21,26)(H,22,23,25). The fraction of sp³-hybridized carbons (Fsp3) is 0.263. The van der Waals surface area contributed by atoms with E-state index in [1.165, 1.54) is 23.1 Å². The van der Waals surface area contributed by atoms with E-state index in [0.29, 0.717) is 31.6 Å². The molecule has 0 aliphatic heterocycles. The van der Waals surface area contributed by atoms with Crippen LogP contribution in [0, 0.1) is 20.8 Å². The van der Waals surface area contributed by atoms with E-state index in [2.05, 4.69) is 15.3 Å². The number of nitrogens with one attached hydrogen (secondary N) is 2. The van der Waals surface area contributed by atoms with Gasteiger partial charge in [0.1, 0.15) is 4.83 Å². The third-order valence-corrected chi connectivity index (χ3v) is 6.26. The Morgan fingerprint density at radius 2 is 2.04 bits per heavy atom. The molecule has 146 valence electrons. The van der Waals surface area contributed by atoms with Crippen LogP contribution in [0.1, 0.15) is 32.8 Å². The van der Waals surface area contributed by atoms with E-state index < -0.39 is 5.91 Å². The lowest BCUT2D eigenvalue weighted by Crippen LogP contribution is -2.13. The molecule has 28 heavy (non-hydrogen) atoms. The molecule has 0 saturated heterocycles. The number of hydrogen-bond acceptors (Lipinski definition) is 6. The molecule has 3 aromatic rings. The highest BCUT2D eigenvalue weighted by Crippen LogP contribution is 2.29. The van der Waals surface area contributed by atoms with Crippen molar-refractivity contribution < 1.29 is 9.59 Å². The van der Waals surface area contributed by atoms with Gasteiger partial charge in [0.25, 0.3) is 11.5 Å². The summed E-state index contributed by atoms with van der Waals surface area (Å²) in [5.41, 5.74) is 8.25. The number of carbonyl (C=O) groups excluding carboxylic acids is 2. The molecule has 0 atom stereocenters. The van der Waals surface area contributed by atoms with Crippen molar-refractivity contribution in [1.29, 1.82) is 0 Å². The molecular weight excluding hydrogens is 396 g/mol. The lowest BCUT2D eigenvalue weighted by Gasteiger charge is -2.08. The van der Waals surface area contributed by atoms with E-state index in [4.69, 9.17) is 5.73 Å². The number of H-pyrrole nitrogens is 1. The summed E-state index contributed by atoms with van der Waals surface area (Å²) >= 11 is 2.43. The predicted molar refractivity (Wildman–Crippen MR) is 113 cm³/mol. The molecule has 0 radical (unpaired) electrons. The number of amides is 2. The summed E-state index contributed by atoms with van der Waals surface area (Å²) in [5.74, 6) is -0.253. The van der Waals surface area contributed by atoms with Crippen molar-refractivity contribution in [3.63, 3.8) is 0 Å². The molecule has 0 bridgehead atoms. The molecule has 0 fully saturated rings.